The Morgan fingerprint density at radius 2 is 1.63 bits per heavy atom. The molecule has 1 aliphatic heterocycles. The normalized spacial score (nSPS) is 19.9. The molecule has 0 bridgehead atoms. The fraction of sp³-hybridized carbons (Fsp3) is 0.261. The molecule has 138 valence electrons. The number of aromatic nitrogens is 1. The van der Waals surface area contributed by atoms with E-state index in [2.05, 4.69) is 52.3 Å². The molecule has 27 heavy (non-hydrogen) atoms. The monoisotopic (exact) mass is 359 g/mol. The molecule has 3 aromatic rings. The molecule has 2 aromatic carbocycles. The summed E-state index contributed by atoms with van der Waals surface area (Å²) in [4.78, 5) is 6.46. The van der Waals surface area contributed by atoms with Crippen LogP contribution in [0.1, 0.15) is 22.6 Å². The van der Waals surface area contributed by atoms with Crippen LogP contribution in [0.15, 0.2) is 79.1 Å². The van der Waals surface area contributed by atoms with Gasteiger partial charge in [0.15, 0.2) is 0 Å². The molecule has 0 unspecified atom stereocenters. The Morgan fingerprint density at radius 3 is 2.37 bits per heavy atom. The molecule has 2 atom stereocenters. The zero-order valence-corrected chi connectivity index (χ0v) is 15.4. The molecule has 0 radical (unpaired) electrons. The lowest BCUT2D eigenvalue weighted by Crippen LogP contribution is -2.28. The summed E-state index contributed by atoms with van der Waals surface area (Å²) in [5.74, 6) is 1.30. The molecule has 0 amide bonds. The van der Waals surface area contributed by atoms with Gasteiger partial charge in [0.2, 0.25) is 0 Å². The van der Waals surface area contributed by atoms with E-state index in [0.717, 1.165) is 30.9 Å². The van der Waals surface area contributed by atoms with E-state index in [1.165, 1.54) is 11.1 Å². The number of pyridine rings is 1. The summed E-state index contributed by atoms with van der Waals surface area (Å²) >= 11 is 0. The third kappa shape index (κ3) is 4.54. The topological polar surface area (TPSA) is 51.4 Å². The minimum atomic E-state index is 0.190. The molecule has 1 aliphatic rings. The van der Waals surface area contributed by atoms with Crippen LogP contribution >= 0.6 is 0 Å². The van der Waals surface area contributed by atoms with Gasteiger partial charge in [-0.3, -0.25) is 9.88 Å². The van der Waals surface area contributed by atoms with Crippen molar-refractivity contribution in [2.45, 2.75) is 25.1 Å². The molecular formula is C23H25N3O. The van der Waals surface area contributed by atoms with Crippen molar-refractivity contribution in [2.24, 2.45) is 5.73 Å². The molecule has 1 fully saturated rings. The lowest BCUT2D eigenvalue weighted by atomic mass is 9.95. The maximum atomic E-state index is 6.41. The zero-order valence-electron chi connectivity index (χ0n) is 15.4. The maximum absolute atomic E-state index is 6.41. The third-order valence-corrected chi connectivity index (χ3v) is 5.15. The van der Waals surface area contributed by atoms with Crippen molar-refractivity contribution in [3.63, 3.8) is 0 Å². The van der Waals surface area contributed by atoms with Crippen molar-refractivity contribution in [3.8, 4) is 5.75 Å². The minimum Gasteiger partial charge on any atom is -0.489 e. The van der Waals surface area contributed by atoms with E-state index in [-0.39, 0.29) is 6.04 Å². The highest BCUT2D eigenvalue weighted by molar-refractivity contribution is 5.28. The largest absolute Gasteiger partial charge is 0.489 e. The number of nitrogens with zero attached hydrogens (tertiary/aromatic N) is 2. The molecule has 4 nitrogen and oxygen atoms in total. The van der Waals surface area contributed by atoms with Gasteiger partial charge < -0.3 is 10.5 Å². The quantitative estimate of drug-likeness (QED) is 0.731. The number of ether oxygens (including phenoxy) is 1. The first-order chi connectivity index (χ1) is 13.3. The molecule has 4 rings (SSSR count). The predicted octanol–water partition coefficient (Wildman–Crippen LogP) is 3.59. The number of nitrogens with two attached hydrogens (primary N) is 1. The van der Waals surface area contributed by atoms with E-state index in [1.54, 1.807) is 12.4 Å². The Kier molecular flexibility index (Phi) is 5.47. The van der Waals surface area contributed by atoms with Crippen molar-refractivity contribution >= 4 is 0 Å². The average Bonchev–Trinajstić information content (AvgIpc) is 3.09. The van der Waals surface area contributed by atoms with Gasteiger partial charge in [-0.1, -0.05) is 42.5 Å². The van der Waals surface area contributed by atoms with Crippen molar-refractivity contribution in [2.75, 3.05) is 13.1 Å². The van der Waals surface area contributed by atoms with E-state index in [1.807, 2.05) is 24.3 Å². The van der Waals surface area contributed by atoms with Gasteiger partial charge in [0.1, 0.15) is 12.4 Å². The van der Waals surface area contributed by atoms with Gasteiger partial charge in [-0.25, -0.2) is 0 Å². The van der Waals surface area contributed by atoms with Gasteiger partial charge in [0.25, 0.3) is 0 Å². The summed E-state index contributed by atoms with van der Waals surface area (Å²) in [6, 6.07) is 23.1. The Balaban J connectivity index is 1.32. The zero-order chi connectivity index (χ0) is 18.5. The highest BCUT2D eigenvalue weighted by Crippen LogP contribution is 2.27. The van der Waals surface area contributed by atoms with Crippen LogP contribution in [0.2, 0.25) is 0 Å². The Bertz CT molecular complexity index is 837. The van der Waals surface area contributed by atoms with Gasteiger partial charge in [0.05, 0.1) is 0 Å². The van der Waals surface area contributed by atoms with Crippen LogP contribution < -0.4 is 10.5 Å². The van der Waals surface area contributed by atoms with E-state index < -0.39 is 0 Å². The Labute approximate surface area is 160 Å². The van der Waals surface area contributed by atoms with E-state index >= 15 is 0 Å². The summed E-state index contributed by atoms with van der Waals surface area (Å²) in [6.45, 7) is 3.41. The van der Waals surface area contributed by atoms with Crippen LogP contribution in [0.25, 0.3) is 0 Å². The summed E-state index contributed by atoms with van der Waals surface area (Å²) in [5, 5.41) is 0. The van der Waals surface area contributed by atoms with Gasteiger partial charge >= 0.3 is 0 Å². The fourth-order valence-electron chi connectivity index (χ4n) is 3.69. The second kappa shape index (κ2) is 8.33. The van der Waals surface area contributed by atoms with Gasteiger partial charge in [-0.05, 0) is 41.0 Å². The summed E-state index contributed by atoms with van der Waals surface area (Å²) in [7, 11) is 0. The van der Waals surface area contributed by atoms with Crippen molar-refractivity contribution in [1.82, 2.24) is 9.88 Å². The number of hydrogen-bond acceptors (Lipinski definition) is 4. The lowest BCUT2D eigenvalue weighted by molar-refractivity contribution is 0.304. The van der Waals surface area contributed by atoms with Crippen LogP contribution in [-0.4, -0.2) is 29.0 Å². The summed E-state index contributed by atoms with van der Waals surface area (Å²) in [5.41, 5.74) is 10.2. The van der Waals surface area contributed by atoms with E-state index in [4.69, 9.17) is 10.5 Å². The smallest absolute Gasteiger partial charge is 0.119 e. The van der Waals surface area contributed by atoms with Gasteiger partial charge in [0, 0.05) is 44.0 Å². The first-order valence-electron chi connectivity index (χ1n) is 9.41. The molecule has 0 saturated carbocycles. The lowest BCUT2D eigenvalue weighted by Gasteiger charge is -2.16. The first kappa shape index (κ1) is 17.7. The van der Waals surface area contributed by atoms with Crippen LogP contribution in [-0.2, 0) is 13.2 Å². The number of benzene rings is 2. The molecule has 2 heterocycles. The number of likely N-dealkylation sites (tertiary alicyclic amines) is 1. The summed E-state index contributed by atoms with van der Waals surface area (Å²) < 4.78 is 5.85. The van der Waals surface area contributed by atoms with E-state index in [9.17, 15) is 0 Å². The fourth-order valence-corrected chi connectivity index (χ4v) is 3.69. The maximum Gasteiger partial charge on any atom is 0.119 e. The Morgan fingerprint density at radius 1 is 0.889 bits per heavy atom. The molecule has 1 saturated heterocycles. The van der Waals surface area contributed by atoms with Crippen LogP contribution in [0, 0.1) is 0 Å². The first-order valence-corrected chi connectivity index (χ1v) is 9.41. The number of hydrogen-bond donors (Lipinski definition) is 1. The predicted molar refractivity (Wildman–Crippen MR) is 107 cm³/mol. The summed E-state index contributed by atoms with van der Waals surface area (Å²) in [6.07, 6.45) is 3.57. The van der Waals surface area contributed by atoms with Crippen molar-refractivity contribution < 1.29 is 4.74 Å². The highest BCUT2D eigenvalue weighted by Gasteiger charge is 2.30. The second-order valence-corrected chi connectivity index (χ2v) is 7.16. The minimum absolute atomic E-state index is 0.190. The molecular weight excluding hydrogens is 334 g/mol. The van der Waals surface area contributed by atoms with Crippen LogP contribution in [0.4, 0.5) is 0 Å². The highest BCUT2D eigenvalue weighted by atomic mass is 16.5. The standard InChI is InChI=1S/C23H25N3O/c24-23-16-26(15-22(23)20-4-2-1-3-5-20)14-18-6-8-21(9-7-18)27-17-19-10-12-25-13-11-19/h1-13,22-23H,14-17,24H2/t22-,23+/m0/s1. The SMILES string of the molecule is N[C@@H]1CN(Cc2ccc(OCc3ccncc3)cc2)C[C@H]1c1ccccc1. The van der Waals surface area contributed by atoms with E-state index in [0.29, 0.717) is 12.5 Å². The second-order valence-electron chi connectivity index (χ2n) is 7.16. The van der Waals surface area contributed by atoms with Gasteiger partial charge in [-0.15, -0.1) is 0 Å². The van der Waals surface area contributed by atoms with Crippen molar-refractivity contribution in [3.05, 3.63) is 95.8 Å². The van der Waals surface area contributed by atoms with Crippen LogP contribution in [0.3, 0.4) is 0 Å². The third-order valence-electron chi connectivity index (χ3n) is 5.15. The molecule has 0 aliphatic carbocycles. The molecule has 4 heteroatoms. The van der Waals surface area contributed by atoms with Crippen LogP contribution in [0.5, 0.6) is 5.75 Å². The average molecular weight is 359 g/mol. The van der Waals surface area contributed by atoms with Gasteiger partial charge in [-0.2, -0.15) is 0 Å². The molecule has 1 aromatic heterocycles. The number of rotatable bonds is 6. The molecule has 2 N–H and O–H groups in total. The Hall–Kier alpha value is -2.69. The molecule has 0 spiro atoms. The van der Waals surface area contributed by atoms with Crippen molar-refractivity contribution in [1.29, 1.82) is 0 Å².